The lowest BCUT2D eigenvalue weighted by Gasteiger charge is -2.25. The second-order valence-corrected chi connectivity index (χ2v) is 8.28. The minimum absolute atomic E-state index is 0.442. The first-order valence-electron chi connectivity index (χ1n) is 11.2. The van der Waals surface area contributed by atoms with Crippen LogP contribution in [-0.4, -0.2) is 46.0 Å². The van der Waals surface area contributed by atoms with Crippen LogP contribution in [0.5, 0.6) is 0 Å². The number of rotatable bonds is 7. The summed E-state index contributed by atoms with van der Waals surface area (Å²) in [5, 5.41) is 15.5. The van der Waals surface area contributed by atoms with Crippen molar-refractivity contribution in [1.82, 2.24) is 25.4 Å². The number of aryl methyl sites for hydroxylation is 1. The summed E-state index contributed by atoms with van der Waals surface area (Å²) >= 11 is 0. The first-order valence-corrected chi connectivity index (χ1v) is 11.2. The third-order valence-corrected chi connectivity index (χ3v) is 6.06. The second-order valence-electron chi connectivity index (χ2n) is 8.28. The monoisotopic (exact) mass is 390 g/mol. The predicted octanol–water partition coefficient (Wildman–Crippen LogP) is 3.23. The minimum Gasteiger partial charge on any atom is -0.376 e. The number of ether oxygens (including phenoxy) is 1. The van der Waals surface area contributed by atoms with E-state index in [-0.39, 0.29) is 0 Å². The van der Waals surface area contributed by atoms with Gasteiger partial charge in [0.2, 0.25) is 0 Å². The molecule has 0 spiro atoms. The van der Waals surface area contributed by atoms with Crippen LogP contribution >= 0.6 is 0 Å². The van der Waals surface area contributed by atoms with Crippen molar-refractivity contribution < 1.29 is 4.74 Å². The largest absolute Gasteiger partial charge is 0.376 e. The lowest BCUT2D eigenvalue weighted by atomic mass is 9.96. The molecule has 0 amide bonds. The zero-order valence-corrected chi connectivity index (χ0v) is 17.8. The molecular weight excluding hydrogens is 352 g/mol. The van der Waals surface area contributed by atoms with Gasteiger partial charge >= 0.3 is 0 Å². The van der Waals surface area contributed by atoms with E-state index in [1.54, 1.807) is 0 Å². The molecule has 2 saturated carbocycles. The van der Waals surface area contributed by atoms with Crippen LogP contribution in [0.15, 0.2) is 4.99 Å². The zero-order chi connectivity index (χ0) is 19.6. The molecule has 0 aromatic carbocycles. The molecule has 2 aliphatic rings. The number of aromatic nitrogens is 3. The van der Waals surface area contributed by atoms with E-state index in [0.29, 0.717) is 18.7 Å². The van der Waals surface area contributed by atoms with Gasteiger partial charge in [-0.3, -0.25) is 0 Å². The van der Waals surface area contributed by atoms with Gasteiger partial charge < -0.3 is 19.9 Å². The van der Waals surface area contributed by atoms with Crippen molar-refractivity contribution >= 4 is 5.96 Å². The Hall–Kier alpha value is -1.63. The van der Waals surface area contributed by atoms with Gasteiger partial charge in [-0.15, -0.1) is 10.2 Å². The molecule has 28 heavy (non-hydrogen) atoms. The summed E-state index contributed by atoms with van der Waals surface area (Å²) in [4.78, 5) is 4.78. The third kappa shape index (κ3) is 6.76. The summed E-state index contributed by atoms with van der Waals surface area (Å²) in [5.41, 5.74) is 0. The highest BCUT2D eigenvalue weighted by atomic mass is 16.5. The molecule has 2 fully saturated rings. The Morgan fingerprint density at radius 1 is 1.04 bits per heavy atom. The van der Waals surface area contributed by atoms with E-state index in [4.69, 9.17) is 9.73 Å². The molecule has 7 heteroatoms. The molecular formula is C21H38N6O. The van der Waals surface area contributed by atoms with Crippen LogP contribution in [0.1, 0.15) is 82.3 Å². The highest BCUT2D eigenvalue weighted by Crippen LogP contribution is 2.19. The Labute approximate surface area is 169 Å². The Morgan fingerprint density at radius 2 is 1.71 bits per heavy atom. The van der Waals surface area contributed by atoms with E-state index in [0.717, 1.165) is 30.8 Å². The smallest absolute Gasteiger partial charge is 0.192 e. The zero-order valence-electron chi connectivity index (χ0n) is 17.8. The maximum absolute atomic E-state index is 6.12. The molecule has 2 N–H and O–H groups in total. The molecule has 0 atom stereocenters. The standard InChI is InChI=1S/C21H38N6O/c1-17-25-26-20(27(17)2)16-23-21(24-18-10-6-5-7-11-18)22-14-15-28-19-12-8-3-4-9-13-19/h18-19H,3-16H2,1-2H3,(H2,22,23,24). The normalized spacial score (nSPS) is 20.1. The van der Waals surface area contributed by atoms with Gasteiger partial charge in [-0.1, -0.05) is 44.9 Å². The maximum Gasteiger partial charge on any atom is 0.192 e. The van der Waals surface area contributed by atoms with Crippen LogP contribution in [0, 0.1) is 6.92 Å². The highest BCUT2D eigenvalue weighted by molar-refractivity contribution is 5.80. The summed E-state index contributed by atoms with van der Waals surface area (Å²) in [7, 11) is 1.99. The van der Waals surface area contributed by atoms with Crippen LogP contribution in [-0.2, 0) is 18.3 Å². The Kier molecular flexibility index (Phi) is 8.58. The average Bonchev–Trinajstić information content (AvgIpc) is 2.90. The van der Waals surface area contributed by atoms with Crippen LogP contribution in [0.25, 0.3) is 0 Å². The summed E-state index contributed by atoms with van der Waals surface area (Å²) in [6.07, 6.45) is 14.6. The van der Waals surface area contributed by atoms with Gasteiger partial charge in [-0.25, -0.2) is 4.99 Å². The fourth-order valence-electron chi connectivity index (χ4n) is 4.13. The SMILES string of the molecule is Cc1nnc(CN=C(NCCOC2CCCCCC2)NC2CCCCC2)n1C. The van der Waals surface area contributed by atoms with Gasteiger partial charge in [0.25, 0.3) is 0 Å². The maximum atomic E-state index is 6.12. The van der Waals surface area contributed by atoms with Crippen molar-refractivity contribution in [1.29, 1.82) is 0 Å². The number of nitrogens with zero attached hydrogens (tertiary/aromatic N) is 4. The van der Waals surface area contributed by atoms with E-state index in [2.05, 4.69) is 20.8 Å². The summed E-state index contributed by atoms with van der Waals surface area (Å²) in [5.74, 6) is 2.67. The summed E-state index contributed by atoms with van der Waals surface area (Å²) < 4.78 is 8.11. The van der Waals surface area contributed by atoms with Crippen molar-refractivity contribution in [2.24, 2.45) is 12.0 Å². The molecule has 3 rings (SSSR count). The van der Waals surface area contributed by atoms with E-state index >= 15 is 0 Å². The quantitative estimate of drug-likeness (QED) is 0.323. The first kappa shape index (κ1) is 21.1. The molecule has 158 valence electrons. The minimum atomic E-state index is 0.442. The number of nitrogens with one attached hydrogen (secondary N) is 2. The van der Waals surface area contributed by atoms with E-state index in [9.17, 15) is 0 Å². The Balaban J connectivity index is 1.49. The molecule has 1 aromatic heterocycles. The second kappa shape index (κ2) is 11.4. The van der Waals surface area contributed by atoms with Crippen molar-refractivity contribution in [3.63, 3.8) is 0 Å². The van der Waals surface area contributed by atoms with Gasteiger partial charge in [-0.2, -0.15) is 0 Å². The number of hydrogen-bond donors (Lipinski definition) is 2. The van der Waals surface area contributed by atoms with Gasteiger partial charge in [0.05, 0.1) is 12.7 Å². The van der Waals surface area contributed by atoms with Crippen LogP contribution in [0.3, 0.4) is 0 Å². The number of aliphatic imine (C=N–C) groups is 1. The van der Waals surface area contributed by atoms with Crippen molar-refractivity contribution in [2.45, 2.75) is 96.2 Å². The Bertz CT molecular complexity index is 600. The molecule has 1 aromatic rings. The average molecular weight is 391 g/mol. The van der Waals surface area contributed by atoms with Crippen molar-refractivity contribution in [3.8, 4) is 0 Å². The number of hydrogen-bond acceptors (Lipinski definition) is 4. The summed E-state index contributed by atoms with van der Waals surface area (Å²) in [6.45, 7) is 4.01. The van der Waals surface area contributed by atoms with Gasteiger partial charge in [0.15, 0.2) is 11.8 Å². The molecule has 0 aliphatic heterocycles. The van der Waals surface area contributed by atoms with Crippen LogP contribution in [0.4, 0.5) is 0 Å². The van der Waals surface area contributed by atoms with Crippen molar-refractivity contribution in [2.75, 3.05) is 13.2 Å². The lowest BCUT2D eigenvalue weighted by Crippen LogP contribution is -2.45. The predicted molar refractivity (Wildman–Crippen MR) is 112 cm³/mol. The molecule has 1 heterocycles. The van der Waals surface area contributed by atoms with Gasteiger partial charge in [-0.05, 0) is 32.6 Å². The highest BCUT2D eigenvalue weighted by Gasteiger charge is 2.16. The third-order valence-electron chi connectivity index (χ3n) is 6.06. The number of guanidine groups is 1. The van der Waals surface area contributed by atoms with Crippen molar-refractivity contribution in [3.05, 3.63) is 11.6 Å². The van der Waals surface area contributed by atoms with E-state index in [1.807, 2.05) is 18.5 Å². The van der Waals surface area contributed by atoms with E-state index < -0.39 is 0 Å². The molecule has 0 unspecified atom stereocenters. The topological polar surface area (TPSA) is 76.4 Å². The molecule has 0 saturated heterocycles. The molecule has 0 bridgehead atoms. The molecule has 2 aliphatic carbocycles. The summed E-state index contributed by atoms with van der Waals surface area (Å²) in [6, 6.07) is 0.518. The fourth-order valence-corrected chi connectivity index (χ4v) is 4.13. The van der Waals surface area contributed by atoms with Gasteiger partial charge in [0, 0.05) is 19.6 Å². The first-order chi connectivity index (χ1) is 13.7. The lowest BCUT2D eigenvalue weighted by molar-refractivity contribution is 0.0467. The van der Waals surface area contributed by atoms with Crippen LogP contribution < -0.4 is 10.6 Å². The Morgan fingerprint density at radius 3 is 2.39 bits per heavy atom. The molecule has 7 nitrogen and oxygen atoms in total. The van der Waals surface area contributed by atoms with Crippen LogP contribution in [0.2, 0.25) is 0 Å². The van der Waals surface area contributed by atoms with E-state index in [1.165, 1.54) is 70.6 Å². The fraction of sp³-hybridized carbons (Fsp3) is 0.857. The molecule has 0 radical (unpaired) electrons. The van der Waals surface area contributed by atoms with Gasteiger partial charge in [0.1, 0.15) is 12.4 Å².